The zero-order valence-electron chi connectivity index (χ0n) is 19.7. The molecular weight excluding hydrogens is 460 g/mol. The van der Waals surface area contributed by atoms with E-state index in [1.54, 1.807) is 0 Å². The number of hydrogen-bond donors (Lipinski definition) is 1. The van der Waals surface area contributed by atoms with Gasteiger partial charge >= 0.3 is 0 Å². The molecule has 2 aromatic carbocycles. The molecule has 34 heavy (non-hydrogen) atoms. The van der Waals surface area contributed by atoms with Crippen LogP contribution < -0.4 is 10.2 Å². The Balaban J connectivity index is 1.70. The molecule has 1 fully saturated rings. The Labute approximate surface area is 211 Å². The van der Waals surface area contributed by atoms with Crippen LogP contribution in [0.4, 0.5) is 5.69 Å². The molecule has 4 aromatic rings. The largest absolute Gasteiger partial charge is 0.351 e. The Morgan fingerprint density at radius 1 is 0.941 bits per heavy atom. The van der Waals surface area contributed by atoms with Crippen LogP contribution in [0.15, 0.2) is 72.9 Å². The summed E-state index contributed by atoms with van der Waals surface area (Å²) in [5.74, 6) is 0. The van der Waals surface area contributed by atoms with Crippen molar-refractivity contribution in [1.29, 1.82) is 0 Å². The lowest BCUT2D eigenvalue weighted by Gasteiger charge is -2.28. The number of rotatable bonds is 4. The normalized spacial score (nSPS) is 17.8. The zero-order chi connectivity index (χ0) is 24.0. The number of benzene rings is 2. The van der Waals surface area contributed by atoms with Crippen molar-refractivity contribution in [1.82, 2.24) is 14.9 Å². The summed E-state index contributed by atoms with van der Waals surface area (Å²) in [7, 11) is 0. The standard InChI is InChI=1S/C28H27ClN4S/c1-17-11-13-21(14-12-17)33-27(26(31-28(33)34)24-9-5-6-15-30-24)22-16-18(2)32(20(22)4)25-10-7-8-23(29)19(25)3/h5-16,26-27H,1-4H3,(H,31,34)/t26-,27-/m1/s1. The lowest BCUT2D eigenvalue weighted by molar-refractivity contribution is 0.565. The molecule has 3 heterocycles. The van der Waals surface area contributed by atoms with E-state index in [1.807, 2.05) is 30.5 Å². The topological polar surface area (TPSA) is 33.1 Å². The van der Waals surface area contributed by atoms with E-state index >= 15 is 0 Å². The summed E-state index contributed by atoms with van der Waals surface area (Å²) in [5.41, 5.74) is 8.93. The van der Waals surface area contributed by atoms with E-state index in [9.17, 15) is 0 Å². The number of anilines is 1. The van der Waals surface area contributed by atoms with Crippen LogP contribution in [0, 0.1) is 27.7 Å². The highest BCUT2D eigenvalue weighted by molar-refractivity contribution is 7.80. The fourth-order valence-corrected chi connectivity index (χ4v) is 5.47. The van der Waals surface area contributed by atoms with Gasteiger partial charge in [-0.05, 0) is 93.5 Å². The van der Waals surface area contributed by atoms with Gasteiger partial charge in [-0.25, -0.2) is 0 Å². The van der Waals surface area contributed by atoms with Crippen molar-refractivity contribution < 1.29 is 0 Å². The van der Waals surface area contributed by atoms with Crippen LogP contribution in [-0.2, 0) is 0 Å². The molecule has 0 unspecified atom stereocenters. The van der Waals surface area contributed by atoms with E-state index in [1.165, 1.54) is 11.1 Å². The predicted molar refractivity (Wildman–Crippen MR) is 144 cm³/mol. The Bertz CT molecular complexity index is 1360. The van der Waals surface area contributed by atoms with Crippen LogP contribution in [0.25, 0.3) is 5.69 Å². The lowest BCUT2D eigenvalue weighted by atomic mass is 9.96. The molecule has 1 aliphatic rings. The minimum absolute atomic E-state index is 0.0513. The highest BCUT2D eigenvalue weighted by Crippen LogP contribution is 2.44. The van der Waals surface area contributed by atoms with Crippen molar-refractivity contribution in [3.8, 4) is 5.69 Å². The second-order valence-corrected chi connectivity index (χ2v) is 9.67. The molecule has 1 saturated heterocycles. The smallest absolute Gasteiger partial charge is 0.174 e. The molecule has 0 amide bonds. The Hall–Kier alpha value is -3.15. The predicted octanol–water partition coefficient (Wildman–Crippen LogP) is 6.94. The van der Waals surface area contributed by atoms with Gasteiger partial charge in [0.2, 0.25) is 0 Å². The summed E-state index contributed by atoms with van der Waals surface area (Å²) >= 11 is 12.4. The van der Waals surface area contributed by atoms with Crippen LogP contribution in [0.1, 0.15) is 45.9 Å². The van der Waals surface area contributed by atoms with Gasteiger partial charge in [0, 0.05) is 34.0 Å². The summed E-state index contributed by atoms with van der Waals surface area (Å²) < 4.78 is 2.29. The van der Waals surface area contributed by atoms with Crippen LogP contribution in [0.3, 0.4) is 0 Å². The molecule has 0 spiro atoms. The number of nitrogens with zero attached hydrogens (tertiary/aromatic N) is 3. The number of aryl methyl sites for hydroxylation is 2. The first-order chi connectivity index (χ1) is 16.4. The average Bonchev–Trinajstić information content (AvgIpc) is 3.32. The monoisotopic (exact) mass is 486 g/mol. The minimum atomic E-state index is -0.0792. The third kappa shape index (κ3) is 3.79. The first-order valence-corrected chi connectivity index (χ1v) is 12.2. The van der Waals surface area contributed by atoms with Gasteiger partial charge < -0.3 is 14.8 Å². The highest BCUT2D eigenvalue weighted by atomic mass is 35.5. The Morgan fingerprint density at radius 3 is 2.41 bits per heavy atom. The number of pyridine rings is 1. The third-order valence-corrected chi connectivity index (χ3v) is 7.40. The molecule has 172 valence electrons. The van der Waals surface area contributed by atoms with E-state index in [4.69, 9.17) is 23.8 Å². The van der Waals surface area contributed by atoms with Gasteiger partial charge in [-0.1, -0.05) is 41.4 Å². The van der Waals surface area contributed by atoms with Crippen molar-refractivity contribution >= 4 is 34.6 Å². The third-order valence-electron chi connectivity index (χ3n) is 6.68. The first kappa shape index (κ1) is 22.6. The number of hydrogen-bond acceptors (Lipinski definition) is 2. The summed E-state index contributed by atoms with van der Waals surface area (Å²) in [6, 6.07) is 22.8. The maximum atomic E-state index is 6.48. The van der Waals surface area contributed by atoms with Gasteiger partial charge in [-0.2, -0.15) is 0 Å². The van der Waals surface area contributed by atoms with E-state index in [0.29, 0.717) is 5.11 Å². The Morgan fingerprint density at radius 2 is 1.71 bits per heavy atom. The fourth-order valence-electron chi connectivity index (χ4n) is 4.95. The second-order valence-electron chi connectivity index (χ2n) is 8.88. The van der Waals surface area contributed by atoms with Crippen molar-refractivity contribution in [2.75, 3.05) is 4.90 Å². The molecule has 2 atom stereocenters. The van der Waals surface area contributed by atoms with Crippen LogP contribution in [-0.4, -0.2) is 14.7 Å². The first-order valence-electron chi connectivity index (χ1n) is 11.4. The van der Waals surface area contributed by atoms with Gasteiger partial charge in [0.05, 0.1) is 17.8 Å². The maximum absolute atomic E-state index is 6.48. The molecule has 0 saturated carbocycles. The number of aromatic nitrogens is 2. The summed E-state index contributed by atoms with van der Waals surface area (Å²) in [6.07, 6.45) is 1.84. The molecule has 2 aromatic heterocycles. The van der Waals surface area contributed by atoms with Gasteiger partial charge in [0.1, 0.15) is 0 Å². The zero-order valence-corrected chi connectivity index (χ0v) is 21.3. The average molecular weight is 487 g/mol. The van der Waals surface area contributed by atoms with Gasteiger partial charge in [-0.15, -0.1) is 0 Å². The number of halogens is 1. The summed E-state index contributed by atoms with van der Waals surface area (Å²) in [5, 5.41) is 5.03. The molecule has 1 N–H and O–H groups in total. The highest BCUT2D eigenvalue weighted by Gasteiger charge is 2.42. The molecule has 0 radical (unpaired) electrons. The Kier molecular flexibility index (Phi) is 5.92. The van der Waals surface area contributed by atoms with Gasteiger partial charge in [0.15, 0.2) is 5.11 Å². The molecule has 4 nitrogen and oxygen atoms in total. The maximum Gasteiger partial charge on any atom is 0.174 e. The van der Waals surface area contributed by atoms with Gasteiger partial charge in [-0.3, -0.25) is 4.98 Å². The second kappa shape index (κ2) is 8.90. The van der Waals surface area contributed by atoms with Gasteiger partial charge in [0.25, 0.3) is 0 Å². The molecule has 5 rings (SSSR count). The quantitative estimate of drug-likeness (QED) is 0.317. The SMILES string of the molecule is Cc1ccc(N2C(=S)N[C@H](c3ccccn3)[C@H]2c2cc(C)n(-c3cccc(Cl)c3C)c2C)cc1. The lowest BCUT2D eigenvalue weighted by Crippen LogP contribution is -2.29. The summed E-state index contributed by atoms with van der Waals surface area (Å²) in [4.78, 5) is 6.91. The summed E-state index contributed by atoms with van der Waals surface area (Å²) in [6.45, 7) is 8.48. The van der Waals surface area contributed by atoms with Crippen LogP contribution in [0.2, 0.25) is 5.02 Å². The molecule has 0 aliphatic carbocycles. The van der Waals surface area contributed by atoms with Crippen molar-refractivity contribution in [2.45, 2.75) is 39.8 Å². The van der Waals surface area contributed by atoms with Crippen molar-refractivity contribution in [3.05, 3.63) is 112 Å². The van der Waals surface area contributed by atoms with Crippen LogP contribution in [0.5, 0.6) is 0 Å². The van der Waals surface area contributed by atoms with E-state index in [0.717, 1.165) is 39.0 Å². The molecule has 6 heteroatoms. The number of nitrogens with one attached hydrogen (secondary N) is 1. The van der Waals surface area contributed by atoms with E-state index in [-0.39, 0.29) is 12.1 Å². The molecular formula is C28H27ClN4S. The minimum Gasteiger partial charge on any atom is -0.351 e. The molecule has 1 aliphatic heterocycles. The van der Waals surface area contributed by atoms with Crippen molar-refractivity contribution in [3.63, 3.8) is 0 Å². The fraction of sp³-hybridized carbons (Fsp3) is 0.214. The van der Waals surface area contributed by atoms with E-state index in [2.05, 4.69) is 89.9 Å². The van der Waals surface area contributed by atoms with Crippen molar-refractivity contribution in [2.24, 2.45) is 0 Å². The van der Waals surface area contributed by atoms with E-state index < -0.39 is 0 Å². The molecule has 0 bridgehead atoms. The number of thiocarbonyl (C=S) groups is 1. The van der Waals surface area contributed by atoms with Crippen LogP contribution >= 0.6 is 23.8 Å².